The van der Waals surface area contributed by atoms with Gasteiger partial charge in [-0.3, -0.25) is 5.41 Å². The molecule has 1 rings (SSSR count). The number of nitrogen functional groups attached to an aromatic ring is 1. The largest absolute Gasteiger partial charge is 0.493 e. The molecule has 0 amide bonds. The van der Waals surface area contributed by atoms with Crippen molar-refractivity contribution < 1.29 is 4.74 Å². The van der Waals surface area contributed by atoms with Crippen LogP contribution in [0.1, 0.15) is 37.8 Å². The maximum atomic E-state index is 7.41. The van der Waals surface area contributed by atoms with E-state index in [2.05, 4.69) is 13.8 Å². The highest BCUT2D eigenvalue weighted by Crippen LogP contribution is 2.21. The SMILES string of the molecule is CCC(CC)COc1cc(C(=N)N)ccc1C. The molecule has 0 bridgehead atoms. The normalized spacial score (nSPS) is 10.6. The van der Waals surface area contributed by atoms with E-state index in [1.165, 1.54) is 0 Å². The van der Waals surface area contributed by atoms with Gasteiger partial charge in [-0.2, -0.15) is 0 Å². The minimum atomic E-state index is 0.0809. The molecule has 0 saturated heterocycles. The number of rotatable bonds is 6. The van der Waals surface area contributed by atoms with Crippen molar-refractivity contribution in [3.05, 3.63) is 29.3 Å². The lowest BCUT2D eigenvalue weighted by molar-refractivity contribution is 0.239. The number of hydrogen-bond acceptors (Lipinski definition) is 2. The van der Waals surface area contributed by atoms with Gasteiger partial charge in [-0.1, -0.05) is 38.8 Å². The molecule has 1 aromatic rings. The monoisotopic (exact) mass is 234 g/mol. The van der Waals surface area contributed by atoms with Gasteiger partial charge in [0.05, 0.1) is 6.61 Å². The van der Waals surface area contributed by atoms with E-state index in [0.717, 1.165) is 36.3 Å². The van der Waals surface area contributed by atoms with E-state index in [-0.39, 0.29) is 5.84 Å². The molecular weight excluding hydrogens is 212 g/mol. The Balaban J connectivity index is 2.75. The van der Waals surface area contributed by atoms with Crippen molar-refractivity contribution in [1.82, 2.24) is 0 Å². The average Bonchev–Trinajstić information content (AvgIpc) is 2.32. The summed E-state index contributed by atoms with van der Waals surface area (Å²) in [4.78, 5) is 0. The molecule has 0 spiro atoms. The molecule has 3 heteroatoms. The fraction of sp³-hybridized carbons (Fsp3) is 0.500. The highest BCUT2D eigenvalue weighted by molar-refractivity contribution is 5.95. The number of nitrogens with one attached hydrogen (secondary N) is 1. The fourth-order valence-corrected chi connectivity index (χ4v) is 1.66. The van der Waals surface area contributed by atoms with Crippen LogP contribution in [-0.2, 0) is 0 Å². The fourth-order valence-electron chi connectivity index (χ4n) is 1.66. The van der Waals surface area contributed by atoms with E-state index in [0.29, 0.717) is 5.92 Å². The lowest BCUT2D eigenvalue weighted by atomic mass is 10.1. The highest BCUT2D eigenvalue weighted by atomic mass is 16.5. The standard InChI is InChI=1S/C14H22N2O/c1-4-11(5-2)9-17-13-8-12(14(15)16)7-6-10(13)3/h6-8,11H,4-5,9H2,1-3H3,(H3,15,16). The summed E-state index contributed by atoms with van der Waals surface area (Å²) in [5.74, 6) is 1.51. The Hall–Kier alpha value is -1.51. The van der Waals surface area contributed by atoms with Crippen molar-refractivity contribution in [3.63, 3.8) is 0 Å². The summed E-state index contributed by atoms with van der Waals surface area (Å²) >= 11 is 0. The first kappa shape index (κ1) is 13.6. The minimum Gasteiger partial charge on any atom is -0.493 e. The Morgan fingerprint density at radius 1 is 1.35 bits per heavy atom. The molecule has 94 valence electrons. The lowest BCUT2D eigenvalue weighted by Crippen LogP contribution is -2.13. The van der Waals surface area contributed by atoms with Gasteiger partial charge in [0.1, 0.15) is 11.6 Å². The summed E-state index contributed by atoms with van der Waals surface area (Å²) in [5.41, 5.74) is 7.27. The first-order valence-corrected chi connectivity index (χ1v) is 6.16. The summed E-state index contributed by atoms with van der Waals surface area (Å²) in [7, 11) is 0. The molecule has 0 heterocycles. The smallest absolute Gasteiger partial charge is 0.122 e. The van der Waals surface area contributed by atoms with Crippen molar-refractivity contribution >= 4 is 5.84 Å². The molecule has 17 heavy (non-hydrogen) atoms. The molecular formula is C14H22N2O. The van der Waals surface area contributed by atoms with Crippen LogP contribution in [0.15, 0.2) is 18.2 Å². The van der Waals surface area contributed by atoms with Gasteiger partial charge in [-0.25, -0.2) is 0 Å². The van der Waals surface area contributed by atoms with Gasteiger partial charge in [0, 0.05) is 5.56 Å². The molecule has 3 N–H and O–H groups in total. The second-order valence-electron chi connectivity index (χ2n) is 4.39. The average molecular weight is 234 g/mol. The van der Waals surface area contributed by atoms with Crippen molar-refractivity contribution in [2.45, 2.75) is 33.6 Å². The van der Waals surface area contributed by atoms with E-state index in [1.807, 2.05) is 25.1 Å². The minimum absolute atomic E-state index is 0.0809. The van der Waals surface area contributed by atoms with Gasteiger partial charge in [0.2, 0.25) is 0 Å². The zero-order valence-electron chi connectivity index (χ0n) is 10.9. The van der Waals surface area contributed by atoms with Gasteiger partial charge in [-0.15, -0.1) is 0 Å². The first-order chi connectivity index (χ1) is 8.08. The van der Waals surface area contributed by atoms with Gasteiger partial charge < -0.3 is 10.5 Å². The summed E-state index contributed by atoms with van der Waals surface area (Å²) in [6, 6.07) is 5.64. The van der Waals surface area contributed by atoms with E-state index in [9.17, 15) is 0 Å². The number of hydrogen-bond donors (Lipinski definition) is 2. The molecule has 0 aliphatic rings. The molecule has 0 aliphatic carbocycles. The second kappa shape index (κ2) is 6.28. The summed E-state index contributed by atoms with van der Waals surface area (Å²) in [6.07, 6.45) is 2.25. The highest BCUT2D eigenvalue weighted by Gasteiger charge is 2.07. The number of benzene rings is 1. The number of aryl methyl sites for hydroxylation is 1. The van der Waals surface area contributed by atoms with Crippen molar-refractivity contribution in [2.24, 2.45) is 11.7 Å². The summed E-state index contributed by atoms with van der Waals surface area (Å²) < 4.78 is 5.82. The van der Waals surface area contributed by atoms with Gasteiger partial charge in [0.25, 0.3) is 0 Å². The van der Waals surface area contributed by atoms with E-state index < -0.39 is 0 Å². The Morgan fingerprint density at radius 3 is 2.53 bits per heavy atom. The Bertz CT molecular complexity index is 384. The van der Waals surface area contributed by atoms with Gasteiger partial charge in [-0.05, 0) is 24.5 Å². The van der Waals surface area contributed by atoms with E-state index in [4.69, 9.17) is 15.9 Å². The molecule has 0 saturated carbocycles. The lowest BCUT2D eigenvalue weighted by Gasteiger charge is -2.15. The summed E-state index contributed by atoms with van der Waals surface area (Å²) in [5, 5.41) is 7.41. The second-order valence-corrected chi connectivity index (χ2v) is 4.39. The molecule has 0 radical (unpaired) electrons. The van der Waals surface area contributed by atoms with Crippen LogP contribution in [0, 0.1) is 18.3 Å². The van der Waals surface area contributed by atoms with Crippen LogP contribution in [0.4, 0.5) is 0 Å². The Labute approximate surface area is 103 Å². The summed E-state index contributed by atoms with van der Waals surface area (Å²) in [6.45, 7) is 7.09. The topological polar surface area (TPSA) is 59.1 Å². The quantitative estimate of drug-likeness (QED) is 0.587. The van der Waals surface area contributed by atoms with E-state index >= 15 is 0 Å². The Morgan fingerprint density at radius 2 is 2.00 bits per heavy atom. The molecule has 0 atom stereocenters. The predicted octanol–water partition coefficient (Wildman–Crippen LogP) is 3.09. The molecule has 1 aromatic carbocycles. The van der Waals surface area contributed by atoms with Crippen LogP contribution in [0.5, 0.6) is 5.75 Å². The van der Waals surface area contributed by atoms with Crippen LogP contribution in [0.2, 0.25) is 0 Å². The zero-order valence-corrected chi connectivity index (χ0v) is 10.9. The van der Waals surface area contributed by atoms with Crippen LogP contribution >= 0.6 is 0 Å². The van der Waals surface area contributed by atoms with Gasteiger partial charge >= 0.3 is 0 Å². The van der Waals surface area contributed by atoms with Gasteiger partial charge in [0.15, 0.2) is 0 Å². The van der Waals surface area contributed by atoms with Crippen molar-refractivity contribution in [3.8, 4) is 5.75 Å². The predicted molar refractivity (Wildman–Crippen MR) is 71.8 cm³/mol. The number of ether oxygens (including phenoxy) is 1. The van der Waals surface area contributed by atoms with Crippen LogP contribution in [0.25, 0.3) is 0 Å². The Kier molecular flexibility index (Phi) is 5.01. The number of amidine groups is 1. The molecule has 0 unspecified atom stereocenters. The first-order valence-electron chi connectivity index (χ1n) is 6.16. The molecule has 0 aromatic heterocycles. The number of nitrogens with two attached hydrogens (primary N) is 1. The van der Waals surface area contributed by atoms with Crippen LogP contribution in [-0.4, -0.2) is 12.4 Å². The van der Waals surface area contributed by atoms with Crippen molar-refractivity contribution in [1.29, 1.82) is 5.41 Å². The maximum Gasteiger partial charge on any atom is 0.122 e. The van der Waals surface area contributed by atoms with Crippen molar-refractivity contribution in [2.75, 3.05) is 6.61 Å². The molecule has 0 aliphatic heterocycles. The molecule has 3 nitrogen and oxygen atoms in total. The zero-order chi connectivity index (χ0) is 12.8. The third kappa shape index (κ3) is 3.77. The maximum absolute atomic E-state index is 7.41. The third-order valence-corrected chi connectivity index (χ3v) is 3.13. The third-order valence-electron chi connectivity index (χ3n) is 3.13. The van der Waals surface area contributed by atoms with Crippen LogP contribution < -0.4 is 10.5 Å². The molecule has 0 fully saturated rings. The van der Waals surface area contributed by atoms with Crippen LogP contribution in [0.3, 0.4) is 0 Å². The van der Waals surface area contributed by atoms with E-state index in [1.54, 1.807) is 0 Å².